The second kappa shape index (κ2) is 10.8. The predicted octanol–water partition coefficient (Wildman–Crippen LogP) is 3.75. The molecular formula is C19H34N4OS. The molecule has 25 heavy (non-hydrogen) atoms. The molecule has 0 aliphatic heterocycles. The average molecular weight is 367 g/mol. The van der Waals surface area contributed by atoms with Gasteiger partial charge in [0.15, 0.2) is 5.96 Å². The Morgan fingerprint density at radius 2 is 2.08 bits per heavy atom. The maximum Gasteiger partial charge on any atom is 0.191 e. The summed E-state index contributed by atoms with van der Waals surface area (Å²) in [5.74, 6) is 0.899. The molecule has 142 valence electrons. The molecular weight excluding hydrogens is 332 g/mol. The normalized spacial score (nSPS) is 17.0. The first kappa shape index (κ1) is 20.2. The van der Waals surface area contributed by atoms with E-state index in [2.05, 4.69) is 41.8 Å². The van der Waals surface area contributed by atoms with Gasteiger partial charge in [-0.25, -0.2) is 9.98 Å². The molecule has 6 heteroatoms. The molecule has 2 N–H and O–H groups in total. The number of aryl methyl sites for hydroxylation is 1. The molecule has 1 aromatic heterocycles. The largest absolute Gasteiger partial charge is 0.382 e. The highest BCUT2D eigenvalue weighted by atomic mass is 32.1. The van der Waals surface area contributed by atoms with E-state index < -0.39 is 0 Å². The van der Waals surface area contributed by atoms with Crippen molar-refractivity contribution in [1.82, 2.24) is 15.6 Å². The van der Waals surface area contributed by atoms with Crippen molar-refractivity contribution in [2.75, 3.05) is 26.3 Å². The van der Waals surface area contributed by atoms with Crippen LogP contribution in [-0.4, -0.2) is 37.2 Å². The zero-order chi connectivity index (χ0) is 18.0. The fourth-order valence-electron chi connectivity index (χ4n) is 3.43. The maximum absolute atomic E-state index is 5.61. The van der Waals surface area contributed by atoms with E-state index in [0.717, 1.165) is 50.8 Å². The number of hydrogen-bond donors (Lipinski definition) is 2. The highest BCUT2D eigenvalue weighted by Crippen LogP contribution is 2.40. The number of ether oxygens (including phenoxy) is 1. The van der Waals surface area contributed by atoms with Gasteiger partial charge in [-0.1, -0.05) is 19.8 Å². The number of thiazole rings is 1. The highest BCUT2D eigenvalue weighted by Gasteiger charge is 2.33. The lowest BCUT2D eigenvalue weighted by atomic mass is 9.83. The van der Waals surface area contributed by atoms with Crippen LogP contribution in [0.4, 0.5) is 0 Å². The topological polar surface area (TPSA) is 58.5 Å². The van der Waals surface area contributed by atoms with Crippen molar-refractivity contribution in [3.05, 3.63) is 16.1 Å². The van der Waals surface area contributed by atoms with Crippen LogP contribution in [0, 0.1) is 5.41 Å². The van der Waals surface area contributed by atoms with Crippen LogP contribution < -0.4 is 10.6 Å². The van der Waals surface area contributed by atoms with Gasteiger partial charge in [0.2, 0.25) is 0 Å². The van der Waals surface area contributed by atoms with Gasteiger partial charge in [0.05, 0.1) is 17.2 Å². The lowest BCUT2D eigenvalue weighted by Gasteiger charge is -2.30. The molecule has 1 saturated carbocycles. The third-order valence-corrected chi connectivity index (χ3v) is 5.96. The molecule has 0 amide bonds. The van der Waals surface area contributed by atoms with Gasteiger partial charge in [-0.05, 0) is 44.9 Å². The Hall–Kier alpha value is -1.14. The SMILES string of the molecule is CCNC(=NCc1csc(CC)n1)NCC1(CCOCC)CCCC1. The first-order valence-corrected chi connectivity index (χ1v) is 10.6. The second-order valence-corrected chi connectivity index (χ2v) is 7.73. The molecule has 2 rings (SSSR count). The van der Waals surface area contributed by atoms with Gasteiger partial charge in [-0.2, -0.15) is 0 Å². The van der Waals surface area contributed by atoms with Gasteiger partial charge >= 0.3 is 0 Å². The fraction of sp³-hybridized carbons (Fsp3) is 0.789. The van der Waals surface area contributed by atoms with Crippen molar-refractivity contribution < 1.29 is 4.74 Å². The van der Waals surface area contributed by atoms with Gasteiger partial charge in [0, 0.05) is 31.7 Å². The summed E-state index contributed by atoms with van der Waals surface area (Å²) in [6, 6.07) is 0. The molecule has 0 spiro atoms. The molecule has 1 aliphatic carbocycles. The minimum absolute atomic E-state index is 0.362. The number of guanidine groups is 1. The Bertz CT molecular complexity index is 523. The van der Waals surface area contributed by atoms with Crippen LogP contribution in [0.5, 0.6) is 0 Å². The van der Waals surface area contributed by atoms with Gasteiger partial charge in [-0.15, -0.1) is 11.3 Å². The summed E-state index contributed by atoms with van der Waals surface area (Å²) >= 11 is 1.72. The Morgan fingerprint density at radius 3 is 2.72 bits per heavy atom. The van der Waals surface area contributed by atoms with Crippen LogP contribution in [0.15, 0.2) is 10.4 Å². The molecule has 1 fully saturated rings. The number of hydrogen-bond acceptors (Lipinski definition) is 4. The lowest BCUT2D eigenvalue weighted by Crippen LogP contribution is -2.43. The summed E-state index contributed by atoms with van der Waals surface area (Å²) in [4.78, 5) is 9.33. The van der Waals surface area contributed by atoms with Crippen molar-refractivity contribution in [3.8, 4) is 0 Å². The molecule has 1 aromatic rings. The summed E-state index contributed by atoms with van der Waals surface area (Å²) in [5.41, 5.74) is 1.42. The Morgan fingerprint density at radius 1 is 1.28 bits per heavy atom. The van der Waals surface area contributed by atoms with E-state index in [1.165, 1.54) is 30.7 Å². The lowest BCUT2D eigenvalue weighted by molar-refractivity contribution is 0.105. The van der Waals surface area contributed by atoms with Crippen LogP contribution in [0.3, 0.4) is 0 Å². The first-order valence-electron chi connectivity index (χ1n) is 9.74. The van der Waals surface area contributed by atoms with E-state index in [1.54, 1.807) is 11.3 Å². The van der Waals surface area contributed by atoms with Crippen molar-refractivity contribution in [2.24, 2.45) is 10.4 Å². The smallest absolute Gasteiger partial charge is 0.191 e. The van der Waals surface area contributed by atoms with E-state index in [-0.39, 0.29) is 0 Å². The van der Waals surface area contributed by atoms with Crippen molar-refractivity contribution in [1.29, 1.82) is 0 Å². The molecule has 0 unspecified atom stereocenters. The molecule has 1 aliphatic rings. The number of aliphatic imine (C=N–C) groups is 1. The Kier molecular flexibility index (Phi) is 8.68. The molecule has 0 radical (unpaired) electrons. The van der Waals surface area contributed by atoms with Crippen LogP contribution in [0.2, 0.25) is 0 Å². The van der Waals surface area contributed by atoms with Gasteiger partial charge < -0.3 is 15.4 Å². The molecule has 0 atom stereocenters. The number of aromatic nitrogens is 1. The summed E-state index contributed by atoms with van der Waals surface area (Å²) in [7, 11) is 0. The number of nitrogens with zero attached hydrogens (tertiary/aromatic N) is 2. The van der Waals surface area contributed by atoms with E-state index in [4.69, 9.17) is 9.73 Å². The minimum Gasteiger partial charge on any atom is -0.382 e. The van der Waals surface area contributed by atoms with E-state index in [9.17, 15) is 0 Å². The summed E-state index contributed by atoms with van der Waals surface area (Å²) in [5, 5.41) is 10.2. The monoisotopic (exact) mass is 366 g/mol. The summed E-state index contributed by atoms with van der Waals surface area (Å²) < 4.78 is 5.61. The molecule has 5 nitrogen and oxygen atoms in total. The standard InChI is InChI=1S/C19H34N4OS/c1-4-17-23-16(14-25-17)13-21-18(20-5-2)22-15-19(9-7-8-10-19)11-12-24-6-3/h14H,4-13,15H2,1-3H3,(H2,20,21,22). The summed E-state index contributed by atoms with van der Waals surface area (Å²) in [6.07, 6.45) is 7.38. The number of nitrogens with one attached hydrogen (secondary N) is 2. The molecule has 0 aromatic carbocycles. The van der Waals surface area contributed by atoms with Gasteiger partial charge in [0.25, 0.3) is 0 Å². The van der Waals surface area contributed by atoms with Crippen molar-refractivity contribution in [2.45, 2.75) is 65.8 Å². The number of rotatable bonds is 10. The molecule has 1 heterocycles. The van der Waals surface area contributed by atoms with Crippen molar-refractivity contribution >= 4 is 17.3 Å². The van der Waals surface area contributed by atoms with Gasteiger partial charge in [0.1, 0.15) is 0 Å². The highest BCUT2D eigenvalue weighted by molar-refractivity contribution is 7.09. The minimum atomic E-state index is 0.362. The zero-order valence-corrected chi connectivity index (χ0v) is 16.9. The van der Waals surface area contributed by atoms with Crippen LogP contribution in [0.1, 0.15) is 63.6 Å². The van der Waals surface area contributed by atoms with Crippen LogP contribution in [-0.2, 0) is 17.7 Å². The van der Waals surface area contributed by atoms with E-state index >= 15 is 0 Å². The molecule has 0 bridgehead atoms. The Balaban J connectivity index is 1.91. The second-order valence-electron chi connectivity index (χ2n) is 6.79. The van der Waals surface area contributed by atoms with Crippen LogP contribution >= 0.6 is 11.3 Å². The maximum atomic E-state index is 5.61. The predicted molar refractivity (Wildman–Crippen MR) is 106 cm³/mol. The van der Waals surface area contributed by atoms with E-state index in [1.807, 2.05) is 0 Å². The average Bonchev–Trinajstić information content (AvgIpc) is 3.27. The van der Waals surface area contributed by atoms with Crippen molar-refractivity contribution in [3.63, 3.8) is 0 Å². The molecule has 0 saturated heterocycles. The van der Waals surface area contributed by atoms with Gasteiger partial charge in [-0.3, -0.25) is 0 Å². The fourth-order valence-corrected chi connectivity index (χ4v) is 4.17. The van der Waals surface area contributed by atoms with E-state index in [0.29, 0.717) is 12.0 Å². The third-order valence-electron chi connectivity index (χ3n) is 4.92. The Labute approximate surface area is 156 Å². The zero-order valence-electron chi connectivity index (χ0n) is 16.1. The van der Waals surface area contributed by atoms with Crippen LogP contribution in [0.25, 0.3) is 0 Å². The summed E-state index contributed by atoms with van der Waals surface area (Å²) in [6.45, 7) is 10.5. The third kappa shape index (κ3) is 6.59. The first-order chi connectivity index (χ1) is 12.2. The quantitative estimate of drug-likeness (QED) is 0.376.